The Labute approximate surface area is 170 Å². The summed E-state index contributed by atoms with van der Waals surface area (Å²) in [6.07, 6.45) is 0.745. The van der Waals surface area contributed by atoms with Crippen LogP contribution in [0.15, 0.2) is 66.7 Å². The summed E-state index contributed by atoms with van der Waals surface area (Å²) < 4.78 is 10.8. The Morgan fingerprint density at radius 1 is 1.00 bits per heavy atom. The number of amides is 1. The number of benzene rings is 2. The van der Waals surface area contributed by atoms with E-state index in [1.807, 2.05) is 67.6 Å². The number of hydrogen-bond donors (Lipinski definition) is 1. The number of ether oxygens (including phenoxy) is 2. The number of carbonyl (C=O) groups is 1. The van der Waals surface area contributed by atoms with Crippen LogP contribution in [0.25, 0.3) is 11.3 Å². The standard InChI is InChI=1S/C23H25N3O3/c1-3-20(17-7-5-4-6-8-17)23(27)24-15-16-29-22-14-13-21(25-26-22)18-9-11-19(28-2)12-10-18/h4-14,20H,3,15-16H2,1-2H3,(H,24,27)/t20-/m0/s1. The van der Waals surface area contributed by atoms with Gasteiger partial charge in [0.1, 0.15) is 12.4 Å². The van der Waals surface area contributed by atoms with Crippen molar-refractivity contribution >= 4 is 5.91 Å². The molecule has 2 aromatic carbocycles. The number of nitrogens with one attached hydrogen (secondary N) is 1. The SMILES string of the molecule is CC[C@H](C(=O)NCCOc1ccc(-c2ccc(OC)cc2)nn1)c1ccccc1. The lowest BCUT2D eigenvalue weighted by Crippen LogP contribution is -2.32. The molecular formula is C23H25N3O3. The third-order valence-electron chi connectivity index (χ3n) is 4.60. The maximum Gasteiger partial charge on any atom is 0.233 e. The van der Waals surface area contributed by atoms with Crippen LogP contribution in [0.2, 0.25) is 0 Å². The van der Waals surface area contributed by atoms with Crippen LogP contribution in [0, 0.1) is 0 Å². The van der Waals surface area contributed by atoms with E-state index in [4.69, 9.17) is 9.47 Å². The highest BCUT2D eigenvalue weighted by Crippen LogP contribution is 2.21. The highest BCUT2D eigenvalue weighted by Gasteiger charge is 2.17. The first kappa shape index (κ1) is 20.3. The van der Waals surface area contributed by atoms with Crippen LogP contribution in [0.4, 0.5) is 0 Å². The summed E-state index contributed by atoms with van der Waals surface area (Å²) in [7, 11) is 1.63. The first-order chi connectivity index (χ1) is 14.2. The Balaban J connectivity index is 1.47. The maximum absolute atomic E-state index is 12.4. The predicted molar refractivity (Wildman–Crippen MR) is 112 cm³/mol. The van der Waals surface area contributed by atoms with Gasteiger partial charge in [-0.1, -0.05) is 37.3 Å². The van der Waals surface area contributed by atoms with Gasteiger partial charge in [0.05, 0.1) is 25.3 Å². The summed E-state index contributed by atoms with van der Waals surface area (Å²) in [4.78, 5) is 12.4. The molecule has 6 heteroatoms. The molecule has 0 unspecified atom stereocenters. The minimum absolute atomic E-state index is 0.00300. The summed E-state index contributed by atoms with van der Waals surface area (Å²) in [6.45, 7) is 2.74. The normalized spacial score (nSPS) is 11.5. The van der Waals surface area contributed by atoms with Gasteiger partial charge in [0.2, 0.25) is 11.8 Å². The molecule has 0 saturated heterocycles. The smallest absolute Gasteiger partial charge is 0.233 e. The van der Waals surface area contributed by atoms with Gasteiger partial charge in [0.25, 0.3) is 0 Å². The number of hydrogen-bond acceptors (Lipinski definition) is 5. The predicted octanol–water partition coefficient (Wildman–Crippen LogP) is 3.84. The molecule has 3 aromatic rings. The fourth-order valence-electron chi connectivity index (χ4n) is 3.02. The third-order valence-corrected chi connectivity index (χ3v) is 4.60. The number of methoxy groups -OCH3 is 1. The number of rotatable bonds is 9. The van der Waals surface area contributed by atoms with Gasteiger partial charge in [-0.2, -0.15) is 0 Å². The van der Waals surface area contributed by atoms with E-state index < -0.39 is 0 Å². The van der Waals surface area contributed by atoms with Gasteiger partial charge in [0, 0.05) is 11.6 Å². The summed E-state index contributed by atoms with van der Waals surface area (Å²) in [5, 5.41) is 11.2. The summed E-state index contributed by atoms with van der Waals surface area (Å²) in [5.74, 6) is 1.07. The fourth-order valence-corrected chi connectivity index (χ4v) is 3.02. The maximum atomic E-state index is 12.4. The van der Waals surface area contributed by atoms with E-state index in [0.717, 1.165) is 29.0 Å². The molecular weight excluding hydrogens is 366 g/mol. The van der Waals surface area contributed by atoms with E-state index in [9.17, 15) is 4.79 Å². The van der Waals surface area contributed by atoms with E-state index in [0.29, 0.717) is 19.0 Å². The van der Waals surface area contributed by atoms with Crippen LogP contribution >= 0.6 is 0 Å². The summed E-state index contributed by atoms with van der Waals surface area (Å²) in [6, 6.07) is 21.0. The highest BCUT2D eigenvalue weighted by molar-refractivity contribution is 5.83. The van der Waals surface area contributed by atoms with Gasteiger partial charge < -0.3 is 14.8 Å². The Morgan fingerprint density at radius 2 is 1.76 bits per heavy atom. The first-order valence-electron chi connectivity index (χ1n) is 9.65. The van der Waals surface area contributed by atoms with Crippen LogP contribution in [-0.2, 0) is 4.79 Å². The number of nitrogens with zero attached hydrogens (tertiary/aromatic N) is 2. The molecule has 0 fully saturated rings. The number of aromatic nitrogens is 2. The molecule has 0 aliphatic carbocycles. The second-order valence-electron chi connectivity index (χ2n) is 6.50. The van der Waals surface area contributed by atoms with Crippen molar-refractivity contribution in [3.8, 4) is 22.9 Å². The number of carbonyl (C=O) groups excluding carboxylic acids is 1. The first-order valence-corrected chi connectivity index (χ1v) is 9.65. The van der Waals surface area contributed by atoms with Gasteiger partial charge in [-0.3, -0.25) is 4.79 Å². The van der Waals surface area contributed by atoms with E-state index >= 15 is 0 Å². The van der Waals surface area contributed by atoms with Crippen LogP contribution < -0.4 is 14.8 Å². The molecule has 0 aliphatic heterocycles. The molecule has 6 nitrogen and oxygen atoms in total. The van der Waals surface area contributed by atoms with Crippen LogP contribution in [0.3, 0.4) is 0 Å². The monoisotopic (exact) mass is 391 g/mol. The molecule has 1 amide bonds. The molecule has 29 heavy (non-hydrogen) atoms. The fraction of sp³-hybridized carbons (Fsp3) is 0.261. The van der Waals surface area contributed by atoms with Crippen molar-refractivity contribution in [2.75, 3.05) is 20.3 Å². The van der Waals surface area contributed by atoms with Crippen molar-refractivity contribution in [3.05, 3.63) is 72.3 Å². The van der Waals surface area contributed by atoms with Gasteiger partial charge >= 0.3 is 0 Å². The lowest BCUT2D eigenvalue weighted by Gasteiger charge is -2.15. The quantitative estimate of drug-likeness (QED) is 0.561. The molecule has 1 N–H and O–H groups in total. The lowest BCUT2D eigenvalue weighted by molar-refractivity contribution is -0.122. The average Bonchev–Trinajstić information content (AvgIpc) is 2.78. The zero-order valence-corrected chi connectivity index (χ0v) is 16.7. The van der Waals surface area contributed by atoms with Gasteiger partial charge in [0.15, 0.2) is 0 Å². The highest BCUT2D eigenvalue weighted by atomic mass is 16.5. The third kappa shape index (κ3) is 5.54. The molecule has 1 aromatic heterocycles. The van der Waals surface area contributed by atoms with E-state index in [2.05, 4.69) is 15.5 Å². The van der Waals surface area contributed by atoms with Crippen molar-refractivity contribution in [2.45, 2.75) is 19.3 Å². The zero-order valence-electron chi connectivity index (χ0n) is 16.7. The molecule has 0 aliphatic rings. The van der Waals surface area contributed by atoms with E-state index in [1.54, 1.807) is 13.2 Å². The van der Waals surface area contributed by atoms with E-state index in [-0.39, 0.29) is 11.8 Å². The lowest BCUT2D eigenvalue weighted by atomic mass is 9.96. The minimum Gasteiger partial charge on any atom is -0.497 e. The molecule has 0 spiro atoms. The van der Waals surface area contributed by atoms with Crippen LogP contribution in [-0.4, -0.2) is 36.4 Å². The van der Waals surface area contributed by atoms with Crippen molar-refractivity contribution < 1.29 is 14.3 Å². The second kappa shape index (κ2) is 10.2. The molecule has 3 rings (SSSR count). The molecule has 150 valence electrons. The summed E-state index contributed by atoms with van der Waals surface area (Å²) >= 11 is 0. The van der Waals surface area contributed by atoms with Crippen molar-refractivity contribution in [1.29, 1.82) is 0 Å². The molecule has 0 saturated carbocycles. The Morgan fingerprint density at radius 3 is 2.38 bits per heavy atom. The van der Waals surface area contributed by atoms with Gasteiger partial charge in [-0.25, -0.2) is 0 Å². The van der Waals surface area contributed by atoms with Crippen LogP contribution in [0.1, 0.15) is 24.8 Å². The Bertz CT molecular complexity index is 897. The largest absolute Gasteiger partial charge is 0.497 e. The van der Waals surface area contributed by atoms with Crippen molar-refractivity contribution in [2.24, 2.45) is 0 Å². The molecule has 0 bridgehead atoms. The van der Waals surface area contributed by atoms with Gasteiger partial charge in [-0.15, -0.1) is 10.2 Å². The topological polar surface area (TPSA) is 73.3 Å². The zero-order chi connectivity index (χ0) is 20.5. The van der Waals surface area contributed by atoms with Crippen LogP contribution in [0.5, 0.6) is 11.6 Å². The Hall–Kier alpha value is -3.41. The molecule has 0 radical (unpaired) electrons. The Kier molecular flexibility index (Phi) is 7.16. The summed E-state index contributed by atoms with van der Waals surface area (Å²) in [5.41, 5.74) is 2.72. The average molecular weight is 391 g/mol. The minimum atomic E-state index is -0.153. The van der Waals surface area contributed by atoms with Crippen molar-refractivity contribution in [3.63, 3.8) is 0 Å². The van der Waals surface area contributed by atoms with E-state index in [1.165, 1.54) is 0 Å². The van der Waals surface area contributed by atoms with Gasteiger partial charge in [-0.05, 0) is 42.3 Å². The van der Waals surface area contributed by atoms with Crippen molar-refractivity contribution in [1.82, 2.24) is 15.5 Å². The molecule has 1 heterocycles. The molecule has 1 atom stereocenters. The second-order valence-corrected chi connectivity index (χ2v) is 6.50.